The molecule has 2 aromatic rings. The molecule has 1 amide bonds. The molecule has 0 aliphatic heterocycles. The standard InChI is InChI=1S/C18H21NO/c1-2-3-5-8-15-11-13-17(14-12-15)19-18(20)16-9-6-4-7-10-16/h4,6-7,9-14H,2-3,5,8H2,1H3,(H,19,20). The molecular formula is C18H21NO. The topological polar surface area (TPSA) is 29.1 Å². The van der Waals surface area contributed by atoms with Crippen molar-refractivity contribution in [2.24, 2.45) is 0 Å². The number of hydrogen-bond donors (Lipinski definition) is 1. The molecular weight excluding hydrogens is 246 g/mol. The largest absolute Gasteiger partial charge is 0.322 e. The van der Waals surface area contributed by atoms with Crippen LogP contribution in [0.4, 0.5) is 5.69 Å². The first-order valence-corrected chi connectivity index (χ1v) is 7.25. The van der Waals surface area contributed by atoms with Crippen LogP contribution in [-0.4, -0.2) is 5.91 Å². The lowest BCUT2D eigenvalue weighted by Gasteiger charge is -2.06. The molecule has 0 saturated heterocycles. The van der Waals surface area contributed by atoms with Gasteiger partial charge in [-0.3, -0.25) is 4.79 Å². The number of unbranched alkanes of at least 4 members (excludes halogenated alkanes) is 2. The summed E-state index contributed by atoms with van der Waals surface area (Å²) in [5.41, 5.74) is 2.86. The lowest BCUT2D eigenvalue weighted by atomic mass is 10.1. The molecule has 0 bridgehead atoms. The van der Waals surface area contributed by atoms with E-state index in [2.05, 4.69) is 24.4 Å². The Balaban J connectivity index is 1.92. The molecule has 20 heavy (non-hydrogen) atoms. The Hall–Kier alpha value is -2.09. The summed E-state index contributed by atoms with van der Waals surface area (Å²) in [5, 5.41) is 2.91. The lowest BCUT2D eigenvalue weighted by molar-refractivity contribution is 0.102. The van der Waals surface area contributed by atoms with Gasteiger partial charge in [0, 0.05) is 11.3 Å². The van der Waals surface area contributed by atoms with E-state index >= 15 is 0 Å². The fraction of sp³-hybridized carbons (Fsp3) is 0.278. The third-order valence-electron chi connectivity index (χ3n) is 3.32. The molecule has 0 atom stereocenters. The summed E-state index contributed by atoms with van der Waals surface area (Å²) in [5.74, 6) is -0.0654. The molecule has 2 nitrogen and oxygen atoms in total. The van der Waals surface area contributed by atoms with Crippen LogP contribution in [0.5, 0.6) is 0 Å². The highest BCUT2D eigenvalue weighted by atomic mass is 16.1. The van der Waals surface area contributed by atoms with Gasteiger partial charge in [0.2, 0.25) is 0 Å². The van der Waals surface area contributed by atoms with Crippen LogP contribution in [0.1, 0.15) is 42.1 Å². The van der Waals surface area contributed by atoms with Crippen LogP contribution in [0.2, 0.25) is 0 Å². The van der Waals surface area contributed by atoms with Crippen molar-refractivity contribution in [2.45, 2.75) is 32.6 Å². The molecule has 0 aliphatic carbocycles. The maximum atomic E-state index is 12.0. The van der Waals surface area contributed by atoms with Crippen LogP contribution in [0.3, 0.4) is 0 Å². The molecule has 2 aromatic carbocycles. The molecule has 2 rings (SSSR count). The monoisotopic (exact) mass is 267 g/mol. The van der Waals surface area contributed by atoms with E-state index < -0.39 is 0 Å². The van der Waals surface area contributed by atoms with E-state index in [4.69, 9.17) is 0 Å². The number of carbonyl (C=O) groups is 1. The minimum atomic E-state index is -0.0654. The van der Waals surface area contributed by atoms with Crippen LogP contribution in [0, 0.1) is 0 Å². The summed E-state index contributed by atoms with van der Waals surface area (Å²) in [4.78, 5) is 12.0. The van der Waals surface area contributed by atoms with E-state index in [0.717, 1.165) is 12.1 Å². The highest BCUT2D eigenvalue weighted by molar-refractivity contribution is 6.04. The SMILES string of the molecule is CCCCCc1ccc(NC(=O)c2ccccc2)cc1. The molecule has 104 valence electrons. The number of nitrogens with one attached hydrogen (secondary N) is 1. The highest BCUT2D eigenvalue weighted by Gasteiger charge is 2.04. The van der Waals surface area contributed by atoms with E-state index in [0.29, 0.717) is 5.56 Å². The average molecular weight is 267 g/mol. The fourth-order valence-corrected chi connectivity index (χ4v) is 2.13. The van der Waals surface area contributed by atoms with Crippen molar-refractivity contribution >= 4 is 11.6 Å². The molecule has 2 heteroatoms. The molecule has 0 unspecified atom stereocenters. The number of benzene rings is 2. The summed E-state index contributed by atoms with van der Waals surface area (Å²) in [6.45, 7) is 2.21. The zero-order valence-electron chi connectivity index (χ0n) is 11.9. The summed E-state index contributed by atoms with van der Waals surface area (Å²) in [6, 6.07) is 17.4. The van der Waals surface area contributed by atoms with Gasteiger partial charge in [0.05, 0.1) is 0 Å². The van der Waals surface area contributed by atoms with E-state index in [1.54, 1.807) is 0 Å². The van der Waals surface area contributed by atoms with Crippen molar-refractivity contribution in [1.82, 2.24) is 0 Å². The van der Waals surface area contributed by atoms with Gasteiger partial charge < -0.3 is 5.32 Å². The van der Waals surface area contributed by atoms with Crippen molar-refractivity contribution in [3.05, 3.63) is 65.7 Å². The van der Waals surface area contributed by atoms with E-state index in [1.807, 2.05) is 42.5 Å². The van der Waals surface area contributed by atoms with Crippen LogP contribution in [0.15, 0.2) is 54.6 Å². The Morgan fingerprint density at radius 1 is 0.950 bits per heavy atom. The summed E-state index contributed by atoms with van der Waals surface area (Å²) >= 11 is 0. The predicted molar refractivity (Wildman–Crippen MR) is 84.1 cm³/mol. The van der Waals surface area contributed by atoms with Gasteiger partial charge >= 0.3 is 0 Å². The molecule has 0 saturated carbocycles. The Bertz CT molecular complexity index is 531. The van der Waals surface area contributed by atoms with Crippen molar-refractivity contribution in [2.75, 3.05) is 5.32 Å². The van der Waals surface area contributed by atoms with Gasteiger partial charge in [0.1, 0.15) is 0 Å². The first kappa shape index (κ1) is 14.3. The number of anilines is 1. The fourth-order valence-electron chi connectivity index (χ4n) is 2.13. The van der Waals surface area contributed by atoms with Gasteiger partial charge in [0.15, 0.2) is 0 Å². The predicted octanol–water partition coefficient (Wildman–Crippen LogP) is 4.67. The van der Waals surface area contributed by atoms with E-state index in [-0.39, 0.29) is 5.91 Å². The Morgan fingerprint density at radius 2 is 1.65 bits per heavy atom. The Morgan fingerprint density at radius 3 is 2.30 bits per heavy atom. The van der Waals surface area contributed by atoms with Gasteiger partial charge in [-0.05, 0) is 42.7 Å². The van der Waals surface area contributed by atoms with E-state index in [1.165, 1.54) is 24.8 Å². The molecule has 0 aromatic heterocycles. The maximum absolute atomic E-state index is 12.0. The molecule has 0 fully saturated rings. The number of hydrogen-bond acceptors (Lipinski definition) is 1. The summed E-state index contributed by atoms with van der Waals surface area (Å²) in [6.07, 6.45) is 4.85. The first-order chi connectivity index (χ1) is 9.79. The number of aryl methyl sites for hydroxylation is 1. The van der Waals surface area contributed by atoms with Crippen molar-refractivity contribution in [1.29, 1.82) is 0 Å². The van der Waals surface area contributed by atoms with Crippen molar-refractivity contribution < 1.29 is 4.79 Å². The quantitative estimate of drug-likeness (QED) is 0.757. The number of carbonyl (C=O) groups excluding carboxylic acids is 1. The molecule has 0 aliphatic rings. The van der Waals surface area contributed by atoms with Crippen molar-refractivity contribution in [3.8, 4) is 0 Å². The highest BCUT2D eigenvalue weighted by Crippen LogP contribution is 2.13. The second-order valence-electron chi connectivity index (χ2n) is 4.97. The smallest absolute Gasteiger partial charge is 0.255 e. The Kier molecular flexibility index (Phi) is 5.36. The van der Waals surface area contributed by atoms with Crippen LogP contribution < -0.4 is 5.32 Å². The average Bonchev–Trinajstić information content (AvgIpc) is 2.50. The maximum Gasteiger partial charge on any atom is 0.255 e. The van der Waals surface area contributed by atoms with Gasteiger partial charge in [-0.1, -0.05) is 50.1 Å². The minimum absolute atomic E-state index is 0.0654. The zero-order chi connectivity index (χ0) is 14.2. The van der Waals surface area contributed by atoms with Gasteiger partial charge in [-0.2, -0.15) is 0 Å². The third kappa shape index (κ3) is 4.23. The van der Waals surface area contributed by atoms with Gasteiger partial charge in [-0.25, -0.2) is 0 Å². The number of rotatable bonds is 6. The second kappa shape index (κ2) is 7.49. The molecule has 0 heterocycles. The van der Waals surface area contributed by atoms with Crippen LogP contribution in [0.25, 0.3) is 0 Å². The van der Waals surface area contributed by atoms with Crippen LogP contribution >= 0.6 is 0 Å². The molecule has 1 N–H and O–H groups in total. The van der Waals surface area contributed by atoms with E-state index in [9.17, 15) is 4.79 Å². The molecule has 0 radical (unpaired) electrons. The first-order valence-electron chi connectivity index (χ1n) is 7.25. The second-order valence-corrected chi connectivity index (χ2v) is 4.97. The Labute approximate surface area is 120 Å². The molecule has 0 spiro atoms. The van der Waals surface area contributed by atoms with Gasteiger partial charge in [-0.15, -0.1) is 0 Å². The zero-order valence-corrected chi connectivity index (χ0v) is 11.9. The normalized spacial score (nSPS) is 10.2. The van der Waals surface area contributed by atoms with Crippen LogP contribution in [-0.2, 0) is 6.42 Å². The minimum Gasteiger partial charge on any atom is -0.322 e. The summed E-state index contributed by atoms with van der Waals surface area (Å²) in [7, 11) is 0. The van der Waals surface area contributed by atoms with Crippen molar-refractivity contribution in [3.63, 3.8) is 0 Å². The lowest BCUT2D eigenvalue weighted by Crippen LogP contribution is -2.11. The van der Waals surface area contributed by atoms with Gasteiger partial charge in [0.25, 0.3) is 5.91 Å². The third-order valence-corrected chi connectivity index (χ3v) is 3.32. The number of amides is 1. The summed E-state index contributed by atoms with van der Waals surface area (Å²) < 4.78 is 0.